The van der Waals surface area contributed by atoms with Gasteiger partial charge in [0, 0.05) is 16.4 Å². The van der Waals surface area contributed by atoms with Crippen LogP contribution >= 0.6 is 23.2 Å². The zero-order chi connectivity index (χ0) is 17.0. The van der Waals surface area contributed by atoms with E-state index < -0.39 is 17.6 Å². The maximum Gasteiger partial charge on any atom is 0.233 e. The van der Waals surface area contributed by atoms with Gasteiger partial charge in [-0.15, -0.1) is 0 Å². The highest BCUT2D eigenvalue weighted by molar-refractivity contribution is 6.31. The van der Waals surface area contributed by atoms with Gasteiger partial charge in [-0.3, -0.25) is 9.59 Å². The minimum absolute atomic E-state index is 0.107. The van der Waals surface area contributed by atoms with Gasteiger partial charge in [0.05, 0.1) is 5.02 Å². The van der Waals surface area contributed by atoms with E-state index in [4.69, 9.17) is 23.2 Å². The van der Waals surface area contributed by atoms with Gasteiger partial charge in [-0.1, -0.05) is 23.2 Å². The summed E-state index contributed by atoms with van der Waals surface area (Å²) in [4.78, 5) is 23.7. The van der Waals surface area contributed by atoms with Crippen molar-refractivity contribution in [3.05, 3.63) is 57.8 Å². The van der Waals surface area contributed by atoms with Crippen molar-refractivity contribution in [1.82, 2.24) is 0 Å². The standard InChI is InChI=1S/C16H13Cl2FN2O2/c1-9-6-10(17)2-5-14(9)21-16(23)8-15(22)20-11-3-4-13(19)12(18)7-11/h2-7H,8H2,1H3,(H,20,22)(H,21,23). The molecule has 23 heavy (non-hydrogen) atoms. The summed E-state index contributed by atoms with van der Waals surface area (Å²) >= 11 is 11.5. The first kappa shape index (κ1) is 17.2. The molecule has 120 valence electrons. The maximum absolute atomic E-state index is 13.0. The Morgan fingerprint density at radius 3 is 2.39 bits per heavy atom. The van der Waals surface area contributed by atoms with Gasteiger partial charge < -0.3 is 10.6 Å². The molecule has 7 heteroatoms. The number of carbonyl (C=O) groups is 2. The van der Waals surface area contributed by atoms with E-state index in [1.165, 1.54) is 12.1 Å². The fourth-order valence-corrected chi connectivity index (χ4v) is 2.29. The van der Waals surface area contributed by atoms with Crippen molar-refractivity contribution in [3.8, 4) is 0 Å². The largest absolute Gasteiger partial charge is 0.326 e. The third-order valence-corrected chi connectivity index (χ3v) is 3.51. The summed E-state index contributed by atoms with van der Waals surface area (Å²) in [5, 5.41) is 5.56. The first-order valence-electron chi connectivity index (χ1n) is 6.66. The molecule has 0 saturated carbocycles. The van der Waals surface area contributed by atoms with Crippen molar-refractivity contribution in [3.63, 3.8) is 0 Å². The summed E-state index contributed by atoms with van der Waals surface area (Å²) in [5.41, 5.74) is 1.69. The van der Waals surface area contributed by atoms with Gasteiger partial charge in [0.15, 0.2) is 0 Å². The molecule has 2 rings (SSSR count). The second kappa shape index (κ2) is 7.44. The molecule has 0 fully saturated rings. The fourth-order valence-electron chi connectivity index (χ4n) is 1.89. The van der Waals surface area contributed by atoms with Crippen molar-refractivity contribution < 1.29 is 14.0 Å². The van der Waals surface area contributed by atoms with E-state index in [9.17, 15) is 14.0 Å². The Morgan fingerprint density at radius 1 is 1.04 bits per heavy atom. The fraction of sp³-hybridized carbons (Fsp3) is 0.125. The van der Waals surface area contributed by atoms with Crippen molar-refractivity contribution in [2.24, 2.45) is 0 Å². The smallest absolute Gasteiger partial charge is 0.233 e. The Labute approximate surface area is 142 Å². The van der Waals surface area contributed by atoms with Crippen molar-refractivity contribution in [2.45, 2.75) is 13.3 Å². The molecule has 2 aromatic carbocycles. The molecule has 0 radical (unpaired) electrons. The summed E-state index contributed by atoms with van der Waals surface area (Å²) in [6.07, 6.45) is -0.378. The number of halogens is 3. The van der Waals surface area contributed by atoms with E-state index in [1.54, 1.807) is 25.1 Å². The van der Waals surface area contributed by atoms with Crippen LogP contribution in [-0.2, 0) is 9.59 Å². The summed E-state index contributed by atoms with van der Waals surface area (Å²) in [6, 6.07) is 8.78. The molecular formula is C16H13Cl2FN2O2. The van der Waals surface area contributed by atoms with Crippen LogP contribution in [0.5, 0.6) is 0 Å². The molecule has 0 saturated heterocycles. The molecule has 4 nitrogen and oxygen atoms in total. The average molecular weight is 355 g/mol. The molecule has 0 bridgehead atoms. The van der Waals surface area contributed by atoms with E-state index in [-0.39, 0.29) is 11.4 Å². The molecule has 0 aromatic heterocycles. The van der Waals surface area contributed by atoms with Gasteiger partial charge in [-0.2, -0.15) is 0 Å². The predicted octanol–water partition coefficient (Wildman–Crippen LogP) is 4.41. The second-order valence-corrected chi connectivity index (χ2v) is 5.70. The van der Waals surface area contributed by atoms with Crippen LogP contribution in [0.4, 0.5) is 15.8 Å². The molecule has 0 unspecified atom stereocenters. The average Bonchev–Trinajstić information content (AvgIpc) is 2.46. The topological polar surface area (TPSA) is 58.2 Å². The number of benzene rings is 2. The number of nitrogens with one attached hydrogen (secondary N) is 2. The number of carbonyl (C=O) groups excluding carboxylic acids is 2. The molecule has 0 aliphatic heterocycles. The molecule has 0 aliphatic rings. The molecule has 0 spiro atoms. The highest BCUT2D eigenvalue weighted by Crippen LogP contribution is 2.21. The lowest BCUT2D eigenvalue weighted by molar-refractivity contribution is -0.123. The van der Waals surface area contributed by atoms with Crippen LogP contribution in [0.15, 0.2) is 36.4 Å². The Morgan fingerprint density at radius 2 is 1.74 bits per heavy atom. The first-order valence-corrected chi connectivity index (χ1v) is 7.41. The lowest BCUT2D eigenvalue weighted by Crippen LogP contribution is -2.21. The molecule has 2 amide bonds. The van der Waals surface area contributed by atoms with Crippen LogP contribution in [0.1, 0.15) is 12.0 Å². The van der Waals surface area contributed by atoms with Crippen LogP contribution < -0.4 is 10.6 Å². The van der Waals surface area contributed by atoms with Gasteiger partial charge >= 0.3 is 0 Å². The number of hydrogen-bond acceptors (Lipinski definition) is 2. The summed E-state index contributed by atoms with van der Waals surface area (Å²) in [6.45, 7) is 1.79. The van der Waals surface area contributed by atoms with Crippen LogP contribution in [-0.4, -0.2) is 11.8 Å². The summed E-state index contributed by atoms with van der Waals surface area (Å²) < 4.78 is 13.0. The predicted molar refractivity (Wildman–Crippen MR) is 89.5 cm³/mol. The van der Waals surface area contributed by atoms with E-state index in [0.717, 1.165) is 11.6 Å². The number of anilines is 2. The van der Waals surface area contributed by atoms with Crippen LogP contribution in [0.3, 0.4) is 0 Å². The SMILES string of the molecule is Cc1cc(Cl)ccc1NC(=O)CC(=O)Nc1ccc(F)c(Cl)c1. The zero-order valence-corrected chi connectivity index (χ0v) is 13.6. The first-order chi connectivity index (χ1) is 10.8. The van der Waals surface area contributed by atoms with Gasteiger partial charge in [0.25, 0.3) is 0 Å². The quantitative estimate of drug-likeness (QED) is 0.799. The van der Waals surface area contributed by atoms with Crippen molar-refractivity contribution in [1.29, 1.82) is 0 Å². The van der Waals surface area contributed by atoms with Crippen LogP contribution in [0.25, 0.3) is 0 Å². The van der Waals surface area contributed by atoms with E-state index in [0.29, 0.717) is 16.4 Å². The Bertz CT molecular complexity index is 766. The van der Waals surface area contributed by atoms with E-state index >= 15 is 0 Å². The third kappa shape index (κ3) is 4.94. The number of rotatable bonds is 4. The molecule has 0 heterocycles. The van der Waals surface area contributed by atoms with Gasteiger partial charge in [0.1, 0.15) is 12.2 Å². The highest BCUT2D eigenvalue weighted by Gasteiger charge is 2.12. The molecular weight excluding hydrogens is 342 g/mol. The minimum Gasteiger partial charge on any atom is -0.326 e. The Kier molecular flexibility index (Phi) is 5.58. The van der Waals surface area contributed by atoms with E-state index in [2.05, 4.69) is 10.6 Å². The summed E-state index contributed by atoms with van der Waals surface area (Å²) in [5.74, 6) is -1.58. The van der Waals surface area contributed by atoms with Crippen LogP contribution in [0.2, 0.25) is 10.0 Å². The summed E-state index contributed by atoms with van der Waals surface area (Å²) in [7, 11) is 0. The molecule has 0 atom stereocenters. The third-order valence-electron chi connectivity index (χ3n) is 2.99. The van der Waals surface area contributed by atoms with Gasteiger partial charge in [-0.05, 0) is 48.9 Å². The van der Waals surface area contributed by atoms with Gasteiger partial charge in [-0.25, -0.2) is 4.39 Å². The highest BCUT2D eigenvalue weighted by atomic mass is 35.5. The van der Waals surface area contributed by atoms with Crippen molar-refractivity contribution in [2.75, 3.05) is 10.6 Å². The lowest BCUT2D eigenvalue weighted by atomic mass is 10.2. The Hall–Kier alpha value is -2.11. The number of aryl methyl sites for hydroxylation is 1. The minimum atomic E-state index is -0.583. The maximum atomic E-state index is 13.0. The number of hydrogen-bond donors (Lipinski definition) is 2. The molecule has 2 N–H and O–H groups in total. The second-order valence-electron chi connectivity index (χ2n) is 4.86. The monoisotopic (exact) mass is 354 g/mol. The number of amides is 2. The van der Waals surface area contributed by atoms with Gasteiger partial charge in [0.2, 0.25) is 11.8 Å². The lowest BCUT2D eigenvalue weighted by Gasteiger charge is -2.09. The normalized spacial score (nSPS) is 10.3. The molecule has 0 aliphatic carbocycles. The zero-order valence-electron chi connectivity index (χ0n) is 12.1. The Balaban J connectivity index is 1.94. The molecule has 2 aromatic rings. The van der Waals surface area contributed by atoms with Crippen LogP contribution in [0, 0.1) is 12.7 Å². The van der Waals surface area contributed by atoms with Crippen molar-refractivity contribution >= 4 is 46.4 Å². The van der Waals surface area contributed by atoms with E-state index in [1.807, 2.05) is 0 Å².